The van der Waals surface area contributed by atoms with Crippen molar-refractivity contribution in [3.8, 4) is 0 Å². The second-order valence-electron chi connectivity index (χ2n) is 8.68. The van der Waals surface area contributed by atoms with Gasteiger partial charge >= 0.3 is 6.01 Å². The third kappa shape index (κ3) is 4.48. The zero-order valence-corrected chi connectivity index (χ0v) is 17.9. The first-order valence-electron chi connectivity index (χ1n) is 10.5. The van der Waals surface area contributed by atoms with Gasteiger partial charge in [0.1, 0.15) is 0 Å². The standard InChI is InChI=1S/C21H30N4O3S/c1-15(2)29(26,27)22-14-16-8-10-18(11-9-16)23-20-24-19(25-28-20)21(12-13-21)17-6-4-3-5-7-17/h3-7,15-16,18,22H,8-14H2,1-2H3,(H,23,24,25). The second-order valence-corrected chi connectivity index (χ2v) is 11.0. The summed E-state index contributed by atoms with van der Waals surface area (Å²) in [7, 11) is -3.19. The lowest BCUT2D eigenvalue weighted by Crippen LogP contribution is -2.37. The molecule has 4 rings (SSSR count). The number of rotatable bonds is 8. The molecule has 2 N–H and O–H groups in total. The van der Waals surface area contributed by atoms with Gasteiger partial charge < -0.3 is 9.84 Å². The SMILES string of the molecule is CC(C)S(=O)(=O)NCC1CCC(Nc2nc(C3(c4ccccc4)CC3)no2)CC1. The predicted octanol–water partition coefficient (Wildman–Crippen LogP) is 3.45. The summed E-state index contributed by atoms with van der Waals surface area (Å²) in [4.78, 5) is 4.64. The Kier molecular flexibility index (Phi) is 5.66. The summed E-state index contributed by atoms with van der Waals surface area (Å²) in [6.07, 6.45) is 5.99. The zero-order chi connectivity index (χ0) is 20.5. The Morgan fingerprint density at radius 3 is 2.45 bits per heavy atom. The van der Waals surface area contributed by atoms with Crippen molar-refractivity contribution in [1.82, 2.24) is 14.9 Å². The van der Waals surface area contributed by atoms with E-state index in [2.05, 4.69) is 32.3 Å². The molecule has 0 spiro atoms. The van der Waals surface area contributed by atoms with E-state index in [4.69, 9.17) is 4.52 Å². The number of anilines is 1. The molecule has 0 aliphatic heterocycles. The van der Waals surface area contributed by atoms with Crippen LogP contribution in [0.15, 0.2) is 34.9 Å². The van der Waals surface area contributed by atoms with Gasteiger partial charge in [-0.2, -0.15) is 4.98 Å². The second kappa shape index (κ2) is 8.07. The topological polar surface area (TPSA) is 97.1 Å². The van der Waals surface area contributed by atoms with Crippen molar-refractivity contribution in [2.45, 2.75) is 69.1 Å². The molecule has 29 heavy (non-hydrogen) atoms. The molecule has 1 aromatic heterocycles. The highest BCUT2D eigenvalue weighted by Crippen LogP contribution is 2.52. The van der Waals surface area contributed by atoms with Crippen LogP contribution in [0.3, 0.4) is 0 Å². The number of benzene rings is 1. The Labute approximate surface area is 172 Å². The zero-order valence-electron chi connectivity index (χ0n) is 17.1. The fourth-order valence-electron chi connectivity index (χ4n) is 4.09. The van der Waals surface area contributed by atoms with Crippen LogP contribution in [-0.4, -0.2) is 36.4 Å². The third-order valence-corrected chi connectivity index (χ3v) is 8.11. The molecule has 2 fully saturated rings. The Morgan fingerprint density at radius 2 is 1.83 bits per heavy atom. The Bertz CT molecular complexity index is 914. The Balaban J connectivity index is 1.29. The van der Waals surface area contributed by atoms with E-state index in [0.717, 1.165) is 44.3 Å². The normalized spacial score (nSPS) is 23.8. The van der Waals surface area contributed by atoms with Crippen molar-refractivity contribution >= 4 is 16.0 Å². The molecule has 158 valence electrons. The highest BCUT2D eigenvalue weighted by molar-refractivity contribution is 7.90. The molecular weight excluding hydrogens is 388 g/mol. The number of nitrogens with zero attached hydrogens (tertiary/aromatic N) is 2. The first kappa shape index (κ1) is 20.3. The van der Waals surface area contributed by atoms with Gasteiger partial charge in [-0.05, 0) is 63.9 Å². The molecule has 0 unspecified atom stereocenters. The van der Waals surface area contributed by atoms with Gasteiger partial charge in [-0.3, -0.25) is 0 Å². The summed E-state index contributed by atoms with van der Waals surface area (Å²) in [6, 6.07) is 11.2. The van der Waals surface area contributed by atoms with Crippen molar-refractivity contribution in [1.29, 1.82) is 0 Å². The molecule has 2 aliphatic carbocycles. The average molecular weight is 419 g/mol. The minimum atomic E-state index is -3.19. The number of sulfonamides is 1. The maximum absolute atomic E-state index is 11.9. The highest BCUT2D eigenvalue weighted by Gasteiger charge is 2.50. The van der Waals surface area contributed by atoms with Crippen LogP contribution in [0.5, 0.6) is 0 Å². The number of nitrogens with one attached hydrogen (secondary N) is 2. The smallest absolute Gasteiger partial charge is 0.321 e. The maximum Gasteiger partial charge on any atom is 0.321 e. The molecular formula is C21H30N4O3S. The van der Waals surface area contributed by atoms with Crippen LogP contribution in [0.4, 0.5) is 6.01 Å². The summed E-state index contributed by atoms with van der Waals surface area (Å²) in [5.74, 6) is 1.15. The number of hydrogen-bond acceptors (Lipinski definition) is 6. The molecule has 2 aliphatic rings. The van der Waals surface area contributed by atoms with Gasteiger partial charge in [0.2, 0.25) is 10.0 Å². The van der Waals surface area contributed by atoms with Crippen LogP contribution in [-0.2, 0) is 15.4 Å². The van der Waals surface area contributed by atoms with E-state index in [-0.39, 0.29) is 11.5 Å². The number of aromatic nitrogens is 2. The Hall–Kier alpha value is -1.93. The van der Waals surface area contributed by atoms with Crippen LogP contribution in [0, 0.1) is 5.92 Å². The van der Waals surface area contributed by atoms with Crippen molar-refractivity contribution in [2.75, 3.05) is 11.9 Å². The van der Waals surface area contributed by atoms with E-state index in [9.17, 15) is 8.42 Å². The molecule has 7 nitrogen and oxygen atoms in total. The summed E-state index contributed by atoms with van der Waals surface area (Å²) in [6.45, 7) is 3.92. The predicted molar refractivity (Wildman–Crippen MR) is 112 cm³/mol. The molecule has 0 bridgehead atoms. The molecule has 1 heterocycles. The summed E-state index contributed by atoms with van der Waals surface area (Å²) < 4.78 is 32.1. The molecule has 1 aromatic carbocycles. The Morgan fingerprint density at radius 1 is 1.14 bits per heavy atom. The van der Waals surface area contributed by atoms with Gasteiger partial charge in [0.05, 0.1) is 10.7 Å². The van der Waals surface area contributed by atoms with E-state index in [1.807, 2.05) is 18.2 Å². The molecule has 0 amide bonds. The van der Waals surface area contributed by atoms with Crippen molar-refractivity contribution < 1.29 is 12.9 Å². The van der Waals surface area contributed by atoms with Crippen molar-refractivity contribution in [3.05, 3.63) is 41.7 Å². The number of hydrogen-bond donors (Lipinski definition) is 2. The molecule has 2 aromatic rings. The van der Waals surface area contributed by atoms with Crippen LogP contribution in [0.2, 0.25) is 0 Å². The van der Waals surface area contributed by atoms with E-state index in [1.165, 1.54) is 5.56 Å². The lowest BCUT2D eigenvalue weighted by atomic mass is 9.86. The minimum Gasteiger partial charge on any atom is -0.335 e. The van der Waals surface area contributed by atoms with Crippen LogP contribution in [0.1, 0.15) is 63.8 Å². The van der Waals surface area contributed by atoms with E-state index in [0.29, 0.717) is 18.5 Å². The maximum atomic E-state index is 11.9. The van der Waals surface area contributed by atoms with E-state index >= 15 is 0 Å². The van der Waals surface area contributed by atoms with Gasteiger partial charge in [0, 0.05) is 12.6 Å². The van der Waals surface area contributed by atoms with Crippen LogP contribution < -0.4 is 10.0 Å². The van der Waals surface area contributed by atoms with Crippen molar-refractivity contribution in [2.24, 2.45) is 5.92 Å². The van der Waals surface area contributed by atoms with Crippen LogP contribution >= 0.6 is 0 Å². The summed E-state index contributed by atoms with van der Waals surface area (Å²) in [5.41, 5.74) is 1.16. The first-order chi connectivity index (χ1) is 13.9. The minimum absolute atomic E-state index is 0.0874. The van der Waals surface area contributed by atoms with Crippen LogP contribution in [0.25, 0.3) is 0 Å². The monoisotopic (exact) mass is 418 g/mol. The first-order valence-corrected chi connectivity index (χ1v) is 12.1. The molecule has 0 saturated heterocycles. The van der Waals surface area contributed by atoms with E-state index in [1.54, 1.807) is 13.8 Å². The van der Waals surface area contributed by atoms with Gasteiger partial charge in [0.15, 0.2) is 5.82 Å². The van der Waals surface area contributed by atoms with Gasteiger partial charge in [0.25, 0.3) is 0 Å². The fourth-order valence-corrected chi connectivity index (χ4v) is 4.89. The van der Waals surface area contributed by atoms with Gasteiger partial charge in [-0.25, -0.2) is 13.1 Å². The van der Waals surface area contributed by atoms with Crippen molar-refractivity contribution in [3.63, 3.8) is 0 Å². The molecule has 2 saturated carbocycles. The van der Waals surface area contributed by atoms with E-state index < -0.39 is 15.3 Å². The molecule has 0 atom stereocenters. The quantitative estimate of drug-likeness (QED) is 0.681. The molecule has 0 radical (unpaired) electrons. The summed E-state index contributed by atoms with van der Waals surface area (Å²) >= 11 is 0. The van der Waals surface area contributed by atoms with Gasteiger partial charge in [-0.1, -0.05) is 35.5 Å². The molecule has 8 heteroatoms. The lowest BCUT2D eigenvalue weighted by Gasteiger charge is -2.28. The lowest BCUT2D eigenvalue weighted by molar-refractivity contribution is 0.329. The largest absolute Gasteiger partial charge is 0.335 e. The third-order valence-electron chi connectivity index (χ3n) is 6.30. The average Bonchev–Trinajstić information content (AvgIpc) is 3.41. The highest BCUT2D eigenvalue weighted by atomic mass is 32.2. The summed E-state index contributed by atoms with van der Waals surface area (Å²) in [5, 5.41) is 7.25. The van der Waals surface area contributed by atoms with Gasteiger partial charge in [-0.15, -0.1) is 0 Å². The fraction of sp³-hybridized carbons (Fsp3) is 0.619.